The van der Waals surface area contributed by atoms with E-state index in [1.807, 2.05) is 9.20 Å². The number of rotatable bonds is 5. The van der Waals surface area contributed by atoms with Gasteiger partial charge in [0.05, 0.1) is 6.54 Å². The lowest BCUT2D eigenvalue weighted by Crippen LogP contribution is -2.17. The molecule has 0 spiro atoms. The maximum Gasteiger partial charge on any atom is 0.166 e. The van der Waals surface area contributed by atoms with Gasteiger partial charge in [0.1, 0.15) is 16.9 Å². The molecule has 62 heavy (non-hydrogen) atoms. The predicted octanol–water partition coefficient (Wildman–Crippen LogP) is 13.7. The van der Waals surface area contributed by atoms with Crippen LogP contribution in [0.3, 0.4) is 0 Å². The van der Waals surface area contributed by atoms with Crippen LogP contribution in [0.15, 0.2) is 158 Å². The van der Waals surface area contributed by atoms with Crippen LogP contribution in [0, 0.1) is 0 Å². The molecule has 2 bridgehead atoms. The maximum absolute atomic E-state index is 5.65. The zero-order valence-electron chi connectivity index (χ0n) is 32.6. The van der Waals surface area contributed by atoms with Crippen molar-refractivity contribution >= 4 is 108 Å². The number of nitrogens with one attached hydrogen (secondary N) is 3. The lowest BCUT2D eigenvalue weighted by atomic mass is 10.00. The number of hydrogen-bond donors (Lipinski definition) is 3. The fourth-order valence-corrected chi connectivity index (χ4v) is 12.1. The molecule has 0 saturated heterocycles. The standard InChI is InChI=1S/C49H31N9S4/c1-50-46-33-16-4-13-30(38-20-8-24-61-38)41(33)49-54-44-32-15-3-12-29(37-19-7-23-60-37)40(32)45(52-44)55-47-34-17-5-14-31(39-21-9-25-62-39)42(34)48(58(47)56-57(46)49)53-43-28-11-2-10-27(35(28)26-51-43)36-18-6-22-59-36/h2-25,52,54,56H,1,26H2. The predicted molar refractivity (Wildman–Crippen MR) is 262 cm³/mol. The average molecular weight is 874 g/mol. The molecule has 13 rings (SSSR count). The van der Waals surface area contributed by atoms with Crippen LogP contribution in [0.25, 0.3) is 91.6 Å². The third-order valence-electron chi connectivity index (χ3n) is 11.7. The van der Waals surface area contributed by atoms with Gasteiger partial charge < -0.3 is 9.97 Å². The Labute approximate surface area is 369 Å². The first kappa shape index (κ1) is 35.6. The van der Waals surface area contributed by atoms with E-state index in [1.54, 1.807) is 45.3 Å². The molecule has 13 heteroatoms. The number of aliphatic imine (C=N–C) groups is 3. The van der Waals surface area contributed by atoms with Crippen molar-refractivity contribution in [3.8, 4) is 53.2 Å². The summed E-state index contributed by atoms with van der Waals surface area (Å²) in [5.74, 6) is 2.67. The minimum atomic E-state index is 0.541. The fourth-order valence-electron chi connectivity index (χ4n) is 9.07. The molecule has 7 aromatic heterocycles. The first-order valence-electron chi connectivity index (χ1n) is 20.0. The molecule has 0 aliphatic carbocycles. The van der Waals surface area contributed by atoms with Gasteiger partial charge in [-0.1, -0.05) is 97.1 Å². The first-order chi connectivity index (χ1) is 30.7. The Balaban J connectivity index is 1.21. The van der Waals surface area contributed by atoms with Gasteiger partial charge in [-0.15, -0.1) is 45.3 Å². The van der Waals surface area contributed by atoms with Crippen molar-refractivity contribution in [1.29, 1.82) is 0 Å². The zero-order valence-corrected chi connectivity index (χ0v) is 35.9. The molecule has 0 saturated carbocycles. The number of thiophene rings is 4. The normalized spacial score (nSPS) is 13.6. The quantitative estimate of drug-likeness (QED) is 0.147. The van der Waals surface area contributed by atoms with Crippen molar-refractivity contribution in [1.82, 2.24) is 29.4 Å². The van der Waals surface area contributed by atoms with Gasteiger partial charge in [0.2, 0.25) is 0 Å². The number of H-pyrrole nitrogens is 3. The molecular weight excluding hydrogens is 843 g/mol. The SMILES string of the molecule is C=Nc1c2cccc(-c3cccs3)c2c2[nH]c3[nH]c(nc4n([nH]n12)C(=NC1=NCc2c1cccc2-c1cccs1)c1c(-c2cccs2)cccc1-4)c1c(-c2cccs2)cccc31. The number of aromatic nitrogens is 6. The van der Waals surface area contributed by atoms with Gasteiger partial charge in [0, 0.05) is 74.4 Å². The van der Waals surface area contributed by atoms with Crippen LogP contribution >= 0.6 is 45.3 Å². The average Bonchev–Trinajstić information content (AvgIpc) is 4.17. The third kappa shape index (κ3) is 5.29. The molecule has 296 valence electrons. The van der Waals surface area contributed by atoms with Crippen LogP contribution in [0.1, 0.15) is 16.7 Å². The smallest absolute Gasteiger partial charge is 0.166 e. The van der Waals surface area contributed by atoms with E-state index in [4.69, 9.17) is 20.0 Å². The zero-order chi connectivity index (χ0) is 40.9. The van der Waals surface area contributed by atoms with Crippen molar-refractivity contribution < 1.29 is 0 Å². The van der Waals surface area contributed by atoms with Gasteiger partial charge in [0.15, 0.2) is 23.3 Å². The Bertz CT molecular complexity index is 3730. The van der Waals surface area contributed by atoms with Gasteiger partial charge in [-0.3, -0.25) is 4.99 Å². The highest BCUT2D eigenvalue weighted by Gasteiger charge is 2.32. The summed E-state index contributed by atoms with van der Waals surface area (Å²) in [5, 5.41) is 16.3. The van der Waals surface area contributed by atoms with Crippen molar-refractivity contribution in [3.05, 3.63) is 160 Å². The second-order valence-electron chi connectivity index (χ2n) is 15.0. The molecule has 3 N–H and O–H groups in total. The van der Waals surface area contributed by atoms with Crippen LogP contribution in [-0.2, 0) is 6.54 Å². The van der Waals surface area contributed by atoms with Crippen molar-refractivity contribution in [3.63, 3.8) is 0 Å². The Morgan fingerprint density at radius 3 is 1.84 bits per heavy atom. The molecular formula is C49H31N9S4. The molecule has 0 amide bonds. The number of amidine groups is 1. The lowest BCUT2D eigenvalue weighted by Gasteiger charge is -2.10. The second-order valence-corrected chi connectivity index (χ2v) is 18.8. The van der Waals surface area contributed by atoms with Crippen molar-refractivity contribution in [2.75, 3.05) is 0 Å². The van der Waals surface area contributed by atoms with E-state index in [1.165, 1.54) is 16.0 Å². The summed E-state index contributed by atoms with van der Waals surface area (Å²) in [7, 11) is 0. The number of aromatic amines is 3. The summed E-state index contributed by atoms with van der Waals surface area (Å²) in [6.07, 6.45) is 0. The summed E-state index contributed by atoms with van der Waals surface area (Å²) in [6, 6.07) is 42.8. The van der Waals surface area contributed by atoms with Gasteiger partial charge >= 0.3 is 0 Å². The monoisotopic (exact) mass is 873 g/mol. The molecule has 0 radical (unpaired) electrons. The molecule has 0 unspecified atom stereocenters. The van der Waals surface area contributed by atoms with Crippen LogP contribution in [0.4, 0.5) is 5.82 Å². The van der Waals surface area contributed by atoms with E-state index < -0.39 is 0 Å². The number of nitrogens with zero attached hydrogens (tertiary/aromatic N) is 6. The van der Waals surface area contributed by atoms with Gasteiger partial charge in [-0.25, -0.2) is 29.4 Å². The molecule has 9 heterocycles. The summed E-state index contributed by atoms with van der Waals surface area (Å²) in [5.41, 5.74) is 10.9. The van der Waals surface area contributed by atoms with Gasteiger partial charge in [0.25, 0.3) is 0 Å². The Kier molecular flexibility index (Phi) is 8.00. The number of benzene rings is 4. The highest BCUT2D eigenvalue weighted by molar-refractivity contribution is 7.14. The van der Waals surface area contributed by atoms with Crippen LogP contribution < -0.4 is 0 Å². The highest BCUT2D eigenvalue weighted by atomic mass is 32.1. The minimum Gasteiger partial charge on any atom is -0.325 e. The van der Waals surface area contributed by atoms with Crippen LogP contribution in [0.5, 0.6) is 0 Å². The van der Waals surface area contributed by atoms with E-state index in [0.717, 1.165) is 86.5 Å². The Morgan fingerprint density at radius 1 is 0.581 bits per heavy atom. The molecule has 11 aromatic rings. The van der Waals surface area contributed by atoms with E-state index in [2.05, 4.69) is 165 Å². The second kappa shape index (κ2) is 13.9. The van der Waals surface area contributed by atoms with Crippen LogP contribution in [-0.4, -0.2) is 47.8 Å². The number of fused-ring (bicyclic) bond motifs is 12. The topological polar surface area (TPSA) is 107 Å². The summed E-state index contributed by atoms with van der Waals surface area (Å²) < 4.78 is 4.01. The Morgan fingerprint density at radius 2 is 1.16 bits per heavy atom. The molecule has 2 aliphatic heterocycles. The molecule has 9 nitrogen and oxygen atoms in total. The van der Waals surface area contributed by atoms with E-state index in [9.17, 15) is 0 Å². The highest BCUT2D eigenvalue weighted by Crippen LogP contribution is 2.44. The number of hydrogen-bond acceptors (Lipinski definition) is 8. The fraction of sp³-hybridized carbons (Fsp3) is 0.0204. The summed E-state index contributed by atoms with van der Waals surface area (Å²) in [4.78, 5) is 33.5. The maximum atomic E-state index is 5.65. The lowest BCUT2D eigenvalue weighted by molar-refractivity contribution is 0.752. The van der Waals surface area contributed by atoms with Crippen molar-refractivity contribution in [2.24, 2.45) is 15.0 Å². The largest absolute Gasteiger partial charge is 0.325 e. The Hall–Kier alpha value is -7.16. The first-order valence-corrected chi connectivity index (χ1v) is 23.5. The molecule has 4 aromatic carbocycles. The van der Waals surface area contributed by atoms with Crippen LogP contribution in [0.2, 0.25) is 0 Å². The molecule has 0 atom stereocenters. The third-order valence-corrected chi connectivity index (χ3v) is 15.3. The van der Waals surface area contributed by atoms with E-state index >= 15 is 0 Å². The van der Waals surface area contributed by atoms with Gasteiger partial charge in [-0.2, -0.15) is 0 Å². The summed E-state index contributed by atoms with van der Waals surface area (Å²) >= 11 is 6.87. The summed E-state index contributed by atoms with van der Waals surface area (Å²) in [6.45, 7) is 4.69. The van der Waals surface area contributed by atoms with Crippen molar-refractivity contribution in [2.45, 2.75) is 6.54 Å². The van der Waals surface area contributed by atoms with E-state index in [0.29, 0.717) is 29.9 Å². The molecule has 0 fully saturated rings. The van der Waals surface area contributed by atoms with E-state index in [-0.39, 0.29) is 0 Å². The molecule has 2 aliphatic rings. The van der Waals surface area contributed by atoms with Gasteiger partial charge in [-0.05, 0) is 63.6 Å². The minimum absolute atomic E-state index is 0.541.